The van der Waals surface area contributed by atoms with Gasteiger partial charge in [0.2, 0.25) is 5.91 Å². The molecule has 17 heavy (non-hydrogen) atoms. The molecule has 4 heteroatoms. The van der Waals surface area contributed by atoms with Crippen molar-refractivity contribution in [2.45, 2.75) is 51.9 Å². The van der Waals surface area contributed by atoms with Crippen LogP contribution in [-0.4, -0.2) is 22.4 Å². The second-order valence-electron chi connectivity index (χ2n) is 4.34. The van der Waals surface area contributed by atoms with E-state index in [1.165, 1.54) is 25.7 Å². The number of hydrogen-bond acceptors (Lipinski definition) is 2. The number of carbonyl (C=O) groups excluding carboxylic acids is 1. The number of aryl methyl sites for hydroxylation is 1. The quantitative estimate of drug-likeness (QED) is 0.648. The van der Waals surface area contributed by atoms with Gasteiger partial charge in [-0.3, -0.25) is 4.79 Å². The second-order valence-corrected chi connectivity index (χ2v) is 4.34. The number of hydrogen-bond donors (Lipinski definition) is 2. The molecule has 0 atom stereocenters. The van der Waals surface area contributed by atoms with Crippen molar-refractivity contribution < 1.29 is 4.79 Å². The third-order valence-corrected chi connectivity index (χ3v) is 2.78. The first-order valence-electron chi connectivity index (χ1n) is 6.57. The van der Waals surface area contributed by atoms with Gasteiger partial charge in [-0.1, -0.05) is 32.6 Å². The summed E-state index contributed by atoms with van der Waals surface area (Å²) in [5.74, 6) is 0.134. The number of rotatable bonds is 9. The van der Waals surface area contributed by atoms with Gasteiger partial charge in [-0.05, 0) is 12.8 Å². The molecule has 0 bridgehead atoms. The summed E-state index contributed by atoms with van der Waals surface area (Å²) in [7, 11) is 0. The highest BCUT2D eigenvalue weighted by molar-refractivity contribution is 5.76. The Labute approximate surface area is 103 Å². The molecule has 1 aromatic heterocycles. The minimum Gasteiger partial charge on any atom is -0.356 e. The third kappa shape index (κ3) is 6.76. The summed E-state index contributed by atoms with van der Waals surface area (Å²) in [5, 5.41) is 2.95. The maximum Gasteiger partial charge on any atom is 0.220 e. The zero-order chi connectivity index (χ0) is 12.3. The molecule has 4 nitrogen and oxygen atoms in total. The Morgan fingerprint density at radius 1 is 1.35 bits per heavy atom. The number of carbonyl (C=O) groups is 1. The highest BCUT2D eigenvalue weighted by Crippen LogP contribution is 2.01. The van der Waals surface area contributed by atoms with E-state index >= 15 is 0 Å². The summed E-state index contributed by atoms with van der Waals surface area (Å²) in [6.07, 6.45) is 10.8. The van der Waals surface area contributed by atoms with Crippen LogP contribution in [0.3, 0.4) is 0 Å². The zero-order valence-corrected chi connectivity index (χ0v) is 10.7. The Kier molecular flexibility index (Phi) is 7.11. The monoisotopic (exact) mass is 237 g/mol. The van der Waals surface area contributed by atoms with Crippen LogP contribution in [-0.2, 0) is 11.2 Å². The first-order valence-corrected chi connectivity index (χ1v) is 6.57. The molecule has 0 aliphatic carbocycles. The largest absolute Gasteiger partial charge is 0.356 e. The van der Waals surface area contributed by atoms with E-state index in [0.717, 1.165) is 25.1 Å². The molecule has 1 amide bonds. The van der Waals surface area contributed by atoms with E-state index in [-0.39, 0.29) is 5.91 Å². The van der Waals surface area contributed by atoms with Crippen molar-refractivity contribution in [3.63, 3.8) is 0 Å². The highest BCUT2D eigenvalue weighted by Gasteiger charge is 2.02. The molecule has 0 aliphatic heterocycles. The lowest BCUT2D eigenvalue weighted by atomic mass is 10.1. The van der Waals surface area contributed by atoms with Crippen LogP contribution in [0.4, 0.5) is 0 Å². The predicted octanol–water partition coefficient (Wildman–Crippen LogP) is 2.43. The number of amides is 1. The van der Waals surface area contributed by atoms with E-state index in [1.807, 2.05) is 0 Å². The van der Waals surface area contributed by atoms with Crippen molar-refractivity contribution in [2.24, 2.45) is 0 Å². The summed E-state index contributed by atoms with van der Waals surface area (Å²) in [6.45, 7) is 3.02. The van der Waals surface area contributed by atoms with Crippen molar-refractivity contribution in [3.8, 4) is 0 Å². The van der Waals surface area contributed by atoms with Gasteiger partial charge in [0, 0.05) is 24.9 Å². The Hall–Kier alpha value is -1.32. The van der Waals surface area contributed by atoms with Gasteiger partial charge >= 0.3 is 0 Å². The van der Waals surface area contributed by atoms with Crippen molar-refractivity contribution in [1.29, 1.82) is 0 Å². The molecular formula is C13H23N3O. The number of nitrogens with zero attached hydrogens (tertiary/aromatic N) is 1. The van der Waals surface area contributed by atoms with Crippen LogP contribution in [0.25, 0.3) is 0 Å². The summed E-state index contributed by atoms with van der Waals surface area (Å²) in [6, 6.07) is 0. The SMILES string of the molecule is CCCCCCCNC(=O)CCc1cnc[nH]1. The normalized spacial score (nSPS) is 10.4. The molecule has 1 heterocycles. The molecule has 0 unspecified atom stereocenters. The van der Waals surface area contributed by atoms with Crippen molar-refractivity contribution in [1.82, 2.24) is 15.3 Å². The van der Waals surface area contributed by atoms with Gasteiger partial charge in [0.25, 0.3) is 0 Å². The number of unbranched alkanes of at least 4 members (excludes halogenated alkanes) is 4. The molecule has 0 saturated carbocycles. The predicted molar refractivity (Wildman–Crippen MR) is 68.7 cm³/mol. The standard InChI is InChI=1S/C13H23N3O/c1-2-3-4-5-6-9-15-13(17)8-7-12-10-14-11-16-12/h10-11H,2-9H2,1H3,(H,14,16)(H,15,17). The van der Waals surface area contributed by atoms with Crippen LogP contribution in [0.15, 0.2) is 12.5 Å². The maximum absolute atomic E-state index is 11.5. The van der Waals surface area contributed by atoms with Crippen molar-refractivity contribution in [2.75, 3.05) is 6.54 Å². The minimum atomic E-state index is 0.134. The fraction of sp³-hybridized carbons (Fsp3) is 0.692. The van der Waals surface area contributed by atoms with Crippen LogP contribution >= 0.6 is 0 Å². The Balaban J connectivity index is 1.94. The number of H-pyrrole nitrogens is 1. The fourth-order valence-electron chi connectivity index (χ4n) is 1.71. The van der Waals surface area contributed by atoms with Gasteiger partial charge < -0.3 is 10.3 Å². The first-order chi connectivity index (χ1) is 8.33. The Morgan fingerprint density at radius 2 is 2.18 bits per heavy atom. The first kappa shape index (κ1) is 13.7. The molecule has 0 fully saturated rings. The lowest BCUT2D eigenvalue weighted by molar-refractivity contribution is -0.121. The third-order valence-electron chi connectivity index (χ3n) is 2.78. The van der Waals surface area contributed by atoms with E-state index in [2.05, 4.69) is 22.2 Å². The summed E-state index contributed by atoms with van der Waals surface area (Å²) >= 11 is 0. The van der Waals surface area contributed by atoms with E-state index in [4.69, 9.17) is 0 Å². The summed E-state index contributed by atoms with van der Waals surface area (Å²) in [5.41, 5.74) is 1.02. The van der Waals surface area contributed by atoms with Crippen molar-refractivity contribution in [3.05, 3.63) is 18.2 Å². The van der Waals surface area contributed by atoms with Gasteiger partial charge in [0.1, 0.15) is 0 Å². The van der Waals surface area contributed by atoms with Gasteiger partial charge in [-0.2, -0.15) is 0 Å². The molecule has 1 aromatic rings. The molecule has 0 saturated heterocycles. The van der Waals surface area contributed by atoms with Gasteiger partial charge in [0.15, 0.2) is 0 Å². The number of aromatic amines is 1. The zero-order valence-electron chi connectivity index (χ0n) is 10.7. The Bertz CT molecular complexity index is 296. The van der Waals surface area contributed by atoms with Gasteiger partial charge in [0.05, 0.1) is 6.33 Å². The van der Waals surface area contributed by atoms with Crippen LogP contribution in [0.2, 0.25) is 0 Å². The van der Waals surface area contributed by atoms with Gasteiger partial charge in [-0.15, -0.1) is 0 Å². The maximum atomic E-state index is 11.5. The van der Waals surface area contributed by atoms with E-state index in [9.17, 15) is 4.79 Å². The number of nitrogens with one attached hydrogen (secondary N) is 2. The lowest BCUT2D eigenvalue weighted by Gasteiger charge is -2.04. The molecule has 2 N–H and O–H groups in total. The highest BCUT2D eigenvalue weighted by atomic mass is 16.1. The Morgan fingerprint density at radius 3 is 2.88 bits per heavy atom. The molecule has 96 valence electrons. The van der Waals surface area contributed by atoms with Crippen LogP contribution < -0.4 is 5.32 Å². The summed E-state index contributed by atoms with van der Waals surface area (Å²) in [4.78, 5) is 18.4. The average molecular weight is 237 g/mol. The lowest BCUT2D eigenvalue weighted by Crippen LogP contribution is -2.24. The second kappa shape index (κ2) is 8.79. The van der Waals surface area contributed by atoms with Gasteiger partial charge in [-0.25, -0.2) is 4.98 Å². The molecule has 0 spiro atoms. The molecular weight excluding hydrogens is 214 g/mol. The fourth-order valence-corrected chi connectivity index (χ4v) is 1.71. The number of aromatic nitrogens is 2. The average Bonchev–Trinajstić information content (AvgIpc) is 2.84. The molecule has 0 aliphatic rings. The van der Waals surface area contributed by atoms with Crippen LogP contribution in [0.5, 0.6) is 0 Å². The van der Waals surface area contributed by atoms with E-state index in [1.54, 1.807) is 12.5 Å². The van der Waals surface area contributed by atoms with Crippen LogP contribution in [0, 0.1) is 0 Å². The molecule has 0 radical (unpaired) electrons. The number of imidazole rings is 1. The molecule has 0 aromatic carbocycles. The smallest absolute Gasteiger partial charge is 0.220 e. The van der Waals surface area contributed by atoms with Crippen LogP contribution in [0.1, 0.15) is 51.1 Å². The summed E-state index contributed by atoms with van der Waals surface area (Å²) < 4.78 is 0. The van der Waals surface area contributed by atoms with Crippen molar-refractivity contribution >= 4 is 5.91 Å². The van der Waals surface area contributed by atoms with E-state index in [0.29, 0.717) is 6.42 Å². The van der Waals surface area contributed by atoms with E-state index < -0.39 is 0 Å². The topological polar surface area (TPSA) is 57.8 Å². The minimum absolute atomic E-state index is 0.134. The molecule has 1 rings (SSSR count).